The molecule has 2 rings (SSSR count). The first-order valence-electron chi connectivity index (χ1n) is 10.4. The highest BCUT2D eigenvalue weighted by molar-refractivity contribution is 7.96. The third kappa shape index (κ3) is 5.23. The Hall–Kier alpha value is -3.01. The number of hydrogen-bond acceptors (Lipinski definition) is 6. The summed E-state index contributed by atoms with van der Waals surface area (Å²) in [6, 6.07) is 3.36. The monoisotopic (exact) mass is 540 g/mol. The van der Waals surface area contributed by atoms with Gasteiger partial charge < -0.3 is 18.8 Å². The summed E-state index contributed by atoms with van der Waals surface area (Å²) in [7, 11) is -1.71. The molecule has 198 valence electrons. The summed E-state index contributed by atoms with van der Waals surface area (Å²) in [6.07, 6.45) is -11.0. The minimum Gasteiger partial charge on any atom is -0.496 e. The highest BCUT2D eigenvalue weighted by Crippen LogP contribution is 2.61. The second-order valence-electron chi connectivity index (χ2n) is 7.66. The number of carbonyl (C=O) groups excluding carboxylic acids is 2. The largest absolute Gasteiger partial charge is 0.496 e. The maximum absolute atomic E-state index is 14.2. The number of methoxy groups -OCH3 is 3. The zero-order valence-corrected chi connectivity index (χ0v) is 20.7. The van der Waals surface area contributed by atoms with Crippen molar-refractivity contribution >= 4 is 18.2 Å². The Kier molecular flexibility index (Phi) is 8.56. The summed E-state index contributed by atoms with van der Waals surface area (Å²) in [5.41, 5.74) is -11.3. The number of halogens is 6. The van der Waals surface area contributed by atoms with Gasteiger partial charge in [0.25, 0.3) is 0 Å². The molecule has 0 aliphatic rings. The van der Waals surface area contributed by atoms with E-state index in [1.54, 1.807) is 0 Å². The maximum Gasteiger partial charge on any atom is 0.417 e. The van der Waals surface area contributed by atoms with Crippen molar-refractivity contribution in [3.63, 3.8) is 0 Å². The molecule has 0 fully saturated rings. The van der Waals surface area contributed by atoms with Crippen molar-refractivity contribution in [2.75, 3.05) is 21.3 Å². The van der Waals surface area contributed by atoms with Crippen LogP contribution in [0.15, 0.2) is 30.3 Å². The van der Waals surface area contributed by atoms with Crippen LogP contribution in [-0.4, -0.2) is 38.0 Å². The molecule has 2 aromatic rings. The standard InChI is InChI=1S/C23H23F6O6P/c1-6-12(2)36(32,21(31)19-16(34-4)10-13(33-3)11-17(19)35-5)20(30)18-14(22(24,25)26)8-7-9-15(18)23(27,28)29/h7-12H,6H2,1-5H3. The molecule has 2 unspecified atom stereocenters. The van der Waals surface area contributed by atoms with E-state index in [4.69, 9.17) is 14.2 Å². The second-order valence-corrected chi connectivity index (χ2v) is 10.7. The molecule has 0 spiro atoms. The summed E-state index contributed by atoms with van der Waals surface area (Å²) >= 11 is 0. The summed E-state index contributed by atoms with van der Waals surface area (Å²) < 4.78 is 112. The lowest BCUT2D eigenvalue weighted by Gasteiger charge is -2.26. The van der Waals surface area contributed by atoms with Gasteiger partial charge in [0.15, 0.2) is 0 Å². The first-order chi connectivity index (χ1) is 16.6. The molecule has 13 heteroatoms. The van der Waals surface area contributed by atoms with Crippen LogP contribution in [0.25, 0.3) is 0 Å². The fraction of sp³-hybridized carbons (Fsp3) is 0.391. The summed E-state index contributed by atoms with van der Waals surface area (Å²) in [5, 5.41) is 0. The Morgan fingerprint density at radius 1 is 0.833 bits per heavy atom. The van der Waals surface area contributed by atoms with Crippen molar-refractivity contribution in [1.82, 2.24) is 0 Å². The summed E-state index contributed by atoms with van der Waals surface area (Å²) in [6.45, 7) is 2.53. The second kappa shape index (κ2) is 10.5. The predicted octanol–water partition coefficient (Wildman–Crippen LogP) is 6.89. The molecule has 6 nitrogen and oxygen atoms in total. The first kappa shape index (κ1) is 29.2. The number of alkyl halides is 6. The predicted molar refractivity (Wildman–Crippen MR) is 119 cm³/mol. The third-order valence-electron chi connectivity index (χ3n) is 5.63. The van der Waals surface area contributed by atoms with E-state index < -0.39 is 58.5 Å². The van der Waals surface area contributed by atoms with Gasteiger partial charge in [-0.2, -0.15) is 26.3 Å². The molecule has 0 saturated heterocycles. The zero-order chi connectivity index (χ0) is 27.6. The molecule has 36 heavy (non-hydrogen) atoms. The van der Waals surface area contributed by atoms with Crippen LogP contribution in [0.1, 0.15) is 52.1 Å². The first-order valence-corrected chi connectivity index (χ1v) is 12.1. The maximum atomic E-state index is 14.2. The molecular formula is C23H23F6O6P. The number of hydrogen-bond donors (Lipinski definition) is 0. The average Bonchev–Trinajstić information content (AvgIpc) is 2.84. The lowest BCUT2D eigenvalue weighted by Crippen LogP contribution is -2.25. The smallest absolute Gasteiger partial charge is 0.417 e. The quantitative estimate of drug-likeness (QED) is 0.255. The Morgan fingerprint density at radius 2 is 1.25 bits per heavy atom. The van der Waals surface area contributed by atoms with Gasteiger partial charge in [0.05, 0.1) is 38.0 Å². The molecule has 0 radical (unpaired) electrons. The van der Waals surface area contributed by atoms with E-state index in [9.17, 15) is 40.5 Å². The fourth-order valence-electron chi connectivity index (χ4n) is 3.55. The van der Waals surface area contributed by atoms with Gasteiger partial charge in [-0.3, -0.25) is 9.59 Å². The Bertz CT molecular complexity index is 1150. The minimum absolute atomic E-state index is 0.117. The van der Waals surface area contributed by atoms with E-state index in [0.29, 0.717) is 6.07 Å². The summed E-state index contributed by atoms with van der Waals surface area (Å²) in [4.78, 5) is 27.3. The van der Waals surface area contributed by atoms with Gasteiger partial charge >= 0.3 is 12.4 Å². The topological polar surface area (TPSA) is 78.9 Å². The lowest BCUT2D eigenvalue weighted by atomic mass is 10.0. The fourth-order valence-corrected chi connectivity index (χ4v) is 6.18. The Morgan fingerprint density at radius 3 is 1.58 bits per heavy atom. The van der Waals surface area contributed by atoms with Crippen LogP contribution in [0.3, 0.4) is 0 Å². The van der Waals surface area contributed by atoms with E-state index >= 15 is 0 Å². The van der Waals surface area contributed by atoms with Crippen LogP contribution in [0, 0.1) is 0 Å². The number of carbonyl (C=O) groups is 2. The van der Waals surface area contributed by atoms with Crippen LogP contribution in [0.5, 0.6) is 17.2 Å². The Labute approximate surface area is 202 Å². The van der Waals surface area contributed by atoms with Crippen LogP contribution < -0.4 is 14.2 Å². The normalized spacial score (nSPS) is 14.5. The molecule has 0 saturated carbocycles. The van der Waals surface area contributed by atoms with Gasteiger partial charge in [0, 0.05) is 17.8 Å². The number of ether oxygens (including phenoxy) is 3. The van der Waals surface area contributed by atoms with Crippen LogP contribution in [0.2, 0.25) is 0 Å². The lowest BCUT2D eigenvalue weighted by molar-refractivity contribution is -0.143. The van der Waals surface area contributed by atoms with Crippen molar-refractivity contribution < 1.29 is 54.7 Å². The van der Waals surface area contributed by atoms with Gasteiger partial charge in [-0.05, 0) is 18.6 Å². The molecule has 2 aromatic carbocycles. The van der Waals surface area contributed by atoms with E-state index in [-0.39, 0.29) is 35.8 Å². The van der Waals surface area contributed by atoms with E-state index in [1.165, 1.54) is 26.2 Å². The molecule has 0 N–H and O–H groups in total. The van der Waals surface area contributed by atoms with Gasteiger partial charge in [-0.15, -0.1) is 0 Å². The molecule has 0 bridgehead atoms. The van der Waals surface area contributed by atoms with Crippen LogP contribution >= 0.6 is 7.14 Å². The highest BCUT2D eigenvalue weighted by atomic mass is 31.2. The molecular weight excluding hydrogens is 517 g/mol. The molecule has 0 aromatic heterocycles. The minimum atomic E-state index is -5.41. The van der Waals surface area contributed by atoms with Crippen molar-refractivity contribution in [3.05, 3.63) is 52.6 Å². The van der Waals surface area contributed by atoms with Gasteiger partial charge in [0.2, 0.25) is 18.2 Å². The summed E-state index contributed by atoms with van der Waals surface area (Å²) in [5.74, 6) is -0.480. The highest BCUT2D eigenvalue weighted by Gasteiger charge is 2.52. The molecule has 0 aliphatic heterocycles. The van der Waals surface area contributed by atoms with Gasteiger partial charge in [-0.25, -0.2) is 0 Å². The van der Waals surface area contributed by atoms with Crippen LogP contribution in [0.4, 0.5) is 26.3 Å². The molecule has 0 aliphatic carbocycles. The van der Waals surface area contributed by atoms with E-state index in [1.807, 2.05) is 0 Å². The van der Waals surface area contributed by atoms with Gasteiger partial charge in [0.1, 0.15) is 22.8 Å². The molecule has 0 amide bonds. The van der Waals surface area contributed by atoms with Crippen molar-refractivity contribution in [3.8, 4) is 17.2 Å². The van der Waals surface area contributed by atoms with E-state index in [2.05, 4.69) is 0 Å². The Balaban J connectivity index is 2.97. The van der Waals surface area contributed by atoms with Gasteiger partial charge in [-0.1, -0.05) is 19.9 Å². The van der Waals surface area contributed by atoms with Crippen molar-refractivity contribution in [1.29, 1.82) is 0 Å². The molecule has 2 atom stereocenters. The van der Waals surface area contributed by atoms with Crippen molar-refractivity contribution in [2.24, 2.45) is 0 Å². The van der Waals surface area contributed by atoms with Crippen molar-refractivity contribution in [2.45, 2.75) is 38.3 Å². The molecule has 0 heterocycles. The third-order valence-corrected chi connectivity index (χ3v) is 8.89. The van der Waals surface area contributed by atoms with E-state index in [0.717, 1.165) is 21.1 Å². The SMILES string of the molecule is CCC(C)P(=O)(C(=O)c1c(OC)cc(OC)cc1OC)C(=O)c1c(C(F)(F)F)cccc1C(F)(F)F. The van der Waals surface area contributed by atoms with Crippen LogP contribution in [-0.2, 0) is 16.9 Å². The number of rotatable bonds is 9. The average molecular weight is 540 g/mol. The number of benzene rings is 2. The zero-order valence-electron chi connectivity index (χ0n) is 19.8.